The molecule has 2 rings (SSSR count). The minimum atomic E-state index is 0.121. The number of carbonyl (C=O) groups is 1. The van der Waals surface area contributed by atoms with Gasteiger partial charge < -0.3 is 10.6 Å². The van der Waals surface area contributed by atoms with Crippen molar-refractivity contribution in [2.24, 2.45) is 5.73 Å². The summed E-state index contributed by atoms with van der Waals surface area (Å²) in [5.41, 5.74) is 6.95. The molecule has 0 spiro atoms. The Balaban J connectivity index is 2.02. The Morgan fingerprint density at radius 3 is 2.72 bits per heavy atom. The Morgan fingerprint density at radius 2 is 2.11 bits per heavy atom. The van der Waals surface area contributed by atoms with Crippen LogP contribution < -0.4 is 5.73 Å². The van der Waals surface area contributed by atoms with Crippen molar-refractivity contribution in [3.63, 3.8) is 0 Å². The van der Waals surface area contributed by atoms with Crippen molar-refractivity contribution in [1.29, 1.82) is 0 Å². The number of nitrogens with two attached hydrogens (primary N) is 1. The molecule has 1 aromatic rings. The summed E-state index contributed by atoms with van der Waals surface area (Å²) < 4.78 is 1.03. The predicted octanol–water partition coefficient (Wildman–Crippen LogP) is 2.50. The molecule has 2 N–H and O–H groups in total. The smallest absolute Gasteiger partial charge is 0.223 e. The van der Waals surface area contributed by atoms with Crippen LogP contribution in [-0.2, 0) is 4.79 Å². The Bertz CT molecular complexity index is 416. The van der Waals surface area contributed by atoms with E-state index < -0.39 is 0 Å². The third kappa shape index (κ3) is 3.33. The monoisotopic (exact) mass is 310 g/mol. The van der Waals surface area contributed by atoms with Crippen LogP contribution in [0, 0.1) is 0 Å². The SMILES string of the molecule is NCC(CC(=O)N1CCCC1)c1cccc(Br)c1. The number of benzene rings is 1. The van der Waals surface area contributed by atoms with E-state index in [1.54, 1.807) is 0 Å². The van der Waals surface area contributed by atoms with E-state index in [4.69, 9.17) is 5.73 Å². The summed E-state index contributed by atoms with van der Waals surface area (Å²) in [6.07, 6.45) is 2.79. The first-order valence-corrected chi connectivity index (χ1v) is 7.23. The lowest BCUT2D eigenvalue weighted by atomic mass is 9.95. The van der Waals surface area contributed by atoms with Gasteiger partial charge in [0.1, 0.15) is 0 Å². The van der Waals surface area contributed by atoms with Crippen LogP contribution in [0.2, 0.25) is 0 Å². The van der Waals surface area contributed by atoms with E-state index in [0.29, 0.717) is 13.0 Å². The topological polar surface area (TPSA) is 46.3 Å². The van der Waals surface area contributed by atoms with E-state index in [-0.39, 0.29) is 11.8 Å². The van der Waals surface area contributed by atoms with Gasteiger partial charge in [0.15, 0.2) is 0 Å². The number of nitrogens with zero attached hydrogens (tertiary/aromatic N) is 1. The summed E-state index contributed by atoms with van der Waals surface area (Å²) in [5, 5.41) is 0. The van der Waals surface area contributed by atoms with Gasteiger partial charge in [0.05, 0.1) is 0 Å². The number of likely N-dealkylation sites (tertiary alicyclic amines) is 1. The molecule has 0 saturated carbocycles. The van der Waals surface area contributed by atoms with Crippen molar-refractivity contribution in [1.82, 2.24) is 4.90 Å². The van der Waals surface area contributed by atoms with Crippen molar-refractivity contribution in [3.8, 4) is 0 Å². The van der Waals surface area contributed by atoms with E-state index in [1.807, 2.05) is 23.1 Å². The molecule has 0 radical (unpaired) electrons. The summed E-state index contributed by atoms with van der Waals surface area (Å²) in [6, 6.07) is 8.07. The first-order valence-electron chi connectivity index (χ1n) is 6.44. The van der Waals surface area contributed by atoms with E-state index in [2.05, 4.69) is 22.0 Å². The van der Waals surface area contributed by atoms with Crippen molar-refractivity contribution in [3.05, 3.63) is 34.3 Å². The molecule has 98 valence electrons. The lowest BCUT2D eigenvalue weighted by Crippen LogP contribution is -2.30. The van der Waals surface area contributed by atoms with Crippen LogP contribution in [0.25, 0.3) is 0 Å². The van der Waals surface area contributed by atoms with Crippen LogP contribution in [-0.4, -0.2) is 30.4 Å². The highest BCUT2D eigenvalue weighted by Gasteiger charge is 2.22. The number of amides is 1. The molecule has 1 atom stereocenters. The number of hydrogen-bond acceptors (Lipinski definition) is 2. The Labute approximate surface area is 116 Å². The fourth-order valence-corrected chi connectivity index (χ4v) is 2.82. The predicted molar refractivity (Wildman–Crippen MR) is 76.4 cm³/mol. The van der Waals surface area contributed by atoms with Crippen LogP contribution in [0.5, 0.6) is 0 Å². The molecule has 3 nitrogen and oxygen atoms in total. The van der Waals surface area contributed by atoms with Crippen LogP contribution in [0.1, 0.15) is 30.7 Å². The minimum absolute atomic E-state index is 0.121. The molecule has 0 bridgehead atoms. The van der Waals surface area contributed by atoms with Gasteiger partial charge in [-0.05, 0) is 37.1 Å². The van der Waals surface area contributed by atoms with Crippen molar-refractivity contribution in [2.45, 2.75) is 25.2 Å². The van der Waals surface area contributed by atoms with Gasteiger partial charge in [0.25, 0.3) is 0 Å². The number of hydrogen-bond donors (Lipinski definition) is 1. The Kier molecular flexibility index (Phi) is 4.78. The van der Waals surface area contributed by atoms with Gasteiger partial charge in [-0.1, -0.05) is 28.1 Å². The standard InChI is InChI=1S/C14H19BrN2O/c15-13-5-3-4-11(8-13)12(10-16)9-14(18)17-6-1-2-7-17/h3-5,8,12H,1-2,6-7,9-10,16H2. The highest BCUT2D eigenvalue weighted by molar-refractivity contribution is 9.10. The maximum Gasteiger partial charge on any atom is 0.223 e. The van der Waals surface area contributed by atoms with E-state index in [1.165, 1.54) is 0 Å². The molecule has 1 heterocycles. The molecule has 0 aliphatic carbocycles. The highest BCUT2D eigenvalue weighted by atomic mass is 79.9. The van der Waals surface area contributed by atoms with E-state index in [9.17, 15) is 4.79 Å². The summed E-state index contributed by atoms with van der Waals surface area (Å²) in [6.45, 7) is 2.33. The van der Waals surface area contributed by atoms with Gasteiger partial charge in [-0.3, -0.25) is 4.79 Å². The average Bonchev–Trinajstić information content (AvgIpc) is 2.89. The largest absolute Gasteiger partial charge is 0.343 e. The van der Waals surface area contributed by atoms with Crippen LogP contribution >= 0.6 is 15.9 Å². The molecule has 1 aromatic carbocycles. The minimum Gasteiger partial charge on any atom is -0.343 e. The van der Waals surface area contributed by atoms with Crippen molar-refractivity contribution < 1.29 is 4.79 Å². The number of halogens is 1. The first kappa shape index (κ1) is 13.6. The fourth-order valence-electron chi connectivity index (χ4n) is 2.40. The Hall–Kier alpha value is -0.870. The van der Waals surface area contributed by atoms with E-state index >= 15 is 0 Å². The number of rotatable bonds is 4. The van der Waals surface area contributed by atoms with E-state index in [0.717, 1.165) is 36.0 Å². The molecule has 1 fully saturated rings. The fraction of sp³-hybridized carbons (Fsp3) is 0.500. The van der Waals surface area contributed by atoms with Crippen LogP contribution in [0.3, 0.4) is 0 Å². The number of carbonyl (C=O) groups excluding carboxylic acids is 1. The summed E-state index contributed by atoms with van der Waals surface area (Å²) >= 11 is 3.46. The third-order valence-electron chi connectivity index (χ3n) is 3.48. The molecule has 0 aromatic heterocycles. The maximum atomic E-state index is 12.1. The second-order valence-electron chi connectivity index (χ2n) is 4.78. The molecule has 1 saturated heterocycles. The first-order chi connectivity index (χ1) is 8.70. The van der Waals surface area contributed by atoms with Gasteiger partial charge >= 0.3 is 0 Å². The molecular formula is C14H19BrN2O. The second kappa shape index (κ2) is 6.34. The quantitative estimate of drug-likeness (QED) is 0.929. The average molecular weight is 311 g/mol. The van der Waals surface area contributed by atoms with Gasteiger partial charge in [-0.2, -0.15) is 0 Å². The molecule has 1 aliphatic heterocycles. The second-order valence-corrected chi connectivity index (χ2v) is 5.70. The zero-order valence-electron chi connectivity index (χ0n) is 10.4. The molecular weight excluding hydrogens is 292 g/mol. The van der Waals surface area contributed by atoms with Gasteiger partial charge in [-0.15, -0.1) is 0 Å². The Morgan fingerprint density at radius 1 is 1.39 bits per heavy atom. The van der Waals surface area contributed by atoms with Crippen molar-refractivity contribution in [2.75, 3.05) is 19.6 Å². The molecule has 1 unspecified atom stereocenters. The van der Waals surface area contributed by atoms with Crippen LogP contribution in [0.4, 0.5) is 0 Å². The maximum absolute atomic E-state index is 12.1. The summed E-state index contributed by atoms with van der Waals surface area (Å²) in [5.74, 6) is 0.360. The van der Waals surface area contributed by atoms with Crippen molar-refractivity contribution >= 4 is 21.8 Å². The normalized spacial score (nSPS) is 16.9. The molecule has 18 heavy (non-hydrogen) atoms. The van der Waals surface area contributed by atoms with Gasteiger partial charge in [0.2, 0.25) is 5.91 Å². The zero-order chi connectivity index (χ0) is 13.0. The van der Waals surface area contributed by atoms with Gasteiger partial charge in [0, 0.05) is 29.9 Å². The zero-order valence-corrected chi connectivity index (χ0v) is 12.0. The summed E-state index contributed by atoms with van der Waals surface area (Å²) in [7, 11) is 0. The molecule has 4 heteroatoms. The molecule has 1 amide bonds. The lowest BCUT2D eigenvalue weighted by Gasteiger charge is -2.20. The third-order valence-corrected chi connectivity index (χ3v) is 3.98. The molecule has 1 aliphatic rings. The summed E-state index contributed by atoms with van der Waals surface area (Å²) in [4.78, 5) is 14.1. The van der Waals surface area contributed by atoms with Crippen LogP contribution in [0.15, 0.2) is 28.7 Å². The highest BCUT2D eigenvalue weighted by Crippen LogP contribution is 2.23. The lowest BCUT2D eigenvalue weighted by molar-refractivity contribution is -0.130. The van der Waals surface area contributed by atoms with Gasteiger partial charge in [-0.25, -0.2) is 0 Å².